The van der Waals surface area contributed by atoms with Gasteiger partial charge in [0.1, 0.15) is 0 Å². The van der Waals surface area contributed by atoms with Crippen molar-refractivity contribution in [2.45, 2.75) is 51.5 Å². The Balaban J connectivity index is 2.71. The molecule has 1 heterocycles. The maximum atomic E-state index is 12.2. The maximum absolute atomic E-state index is 12.2. The van der Waals surface area contributed by atoms with Gasteiger partial charge in [0.15, 0.2) is 5.82 Å². The lowest BCUT2D eigenvalue weighted by atomic mass is 10.1. The summed E-state index contributed by atoms with van der Waals surface area (Å²) in [7, 11) is 0. The summed E-state index contributed by atoms with van der Waals surface area (Å²) in [6.45, 7) is 8.66. The number of anilines is 1. The summed E-state index contributed by atoms with van der Waals surface area (Å²) in [6.07, 6.45) is 5.22. The van der Waals surface area contributed by atoms with Crippen LogP contribution in [0.25, 0.3) is 0 Å². The van der Waals surface area contributed by atoms with Crippen molar-refractivity contribution >= 4 is 17.4 Å². The molecular weight excluding hydrogens is 250 g/mol. The number of nitrogens with zero attached hydrogens (tertiary/aromatic N) is 2. The van der Waals surface area contributed by atoms with Gasteiger partial charge in [-0.15, -0.1) is 11.6 Å². The van der Waals surface area contributed by atoms with Crippen LogP contribution in [0.15, 0.2) is 17.2 Å². The van der Waals surface area contributed by atoms with Crippen LogP contribution in [0.1, 0.15) is 40.5 Å². The number of rotatable bonds is 5. The van der Waals surface area contributed by atoms with Crippen LogP contribution in [0.4, 0.5) is 5.82 Å². The summed E-state index contributed by atoms with van der Waals surface area (Å²) in [5, 5.41) is 3.25. The summed E-state index contributed by atoms with van der Waals surface area (Å²) in [5.74, 6) is 0.412. The highest BCUT2D eigenvalue weighted by Gasteiger charge is 2.16. The standard InChI is InChI=1S/C13H22ClN3O/c1-10(14)6-5-7-15-11-12(18)17(9-8-16-11)13(2,3)4/h8-10H,5-7H2,1-4H3,(H,15,16). The van der Waals surface area contributed by atoms with E-state index in [2.05, 4.69) is 10.3 Å². The van der Waals surface area contributed by atoms with Crippen LogP contribution in [0.3, 0.4) is 0 Å². The lowest BCUT2D eigenvalue weighted by Crippen LogP contribution is -2.35. The van der Waals surface area contributed by atoms with Gasteiger partial charge in [-0.25, -0.2) is 4.98 Å². The molecule has 0 amide bonds. The molecule has 0 saturated carbocycles. The van der Waals surface area contributed by atoms with Crippen molar-refractivity contribution < 1.29 is 0 Å². The molecular formula is C13H22ClN3O. The number of alkyl halides is 1. The lowest BCUT2D eigenvalue weighted by Gasteiger charge is -2.22. The van der Waals surface area contributed by atoms with Crippen LogP contribution in [0, 0.1) is 0 Å². The Morgan fingerprint density at radius 2 is 2.17 bits per heavy atom. The van der Waals surface area contributed by atoms with E-state index in [1.165, 1.54) is 0 Å². The van der Waals surface area contributed by atoms with Crippen LogP contribution in [0.5, 0.6) is 0 Å². The minimum atomic E-state index is -0.235. The Morgan fingerprint density at radius 3 is 2.72 bits per heavy atom. The normalized spacial score (nSPS) is 13.4. The van der Waals surface area contributed by atoms with Gasteiger partial charge in [0.05, 0.1) is 0 Å². The molecule has 0 radical (unpaired) electrons. The van der Waals surface area contributed by atoms with Crippen LogP contribution in [-0.4, -0.2) is 21.5 Å². The molecule has 0 saturated heterocycles. The van der Waals surface area contributed by atoms with Crippen molar-refractivity contribution in [1.29, 1.82) is 0 Å². The third kappa shape index (κ3) is 4.33. The van der Waals surface area contributed by atoms with Crippen LogP contribution in [-0.2, 0) is 5.54 Å². The quantitative estimate of drug-likeness (QED) is 0.662. The Kier molecular flexibility index (Phi) is 5.20. The van der Waals surface area contributed by atoms with Crippen molar-refractivity contribution in [3.8, 4) is 0 Å². The van der Waals surface area contributed by atoms with Crippen LogP contribution < -0.4 is 10.9 Å². The third-order valence-electron chi connectivity index (χ3n) is 2.63. The molecule has 1 aromatic rings. The van der Waals surface area contributed by atoms with Crippen LogP contribution >= 0.6 is 11.6 Å². The van der Waals surface area contributed by atoms with Gasteiger partial charge in [0, 0.05) is 29.9 Å². The second kappa shape index (κ2) is 6.23. The van der Waals surface area contributed by atoms with Crippen molar-refractivity contribution in [3.05, 3.63) is 22.7 Å². The molecule has 0 aliphatic carbocycles. The SMILES string of the molecule is CC(Cl)CCCNc1nccn(C(C)(C)C)c1=O. The molecule has 5 heteroatoms. The van der Waals surface area contributed by atoms with E-state index >= 15 is 0 Å². The number of halogens is 1. The molecule has 0 spiro atoms. The van der Waals surface area contributed by atoms with Crippen molar-refractivity contribution in [3.63, 3.8) is 0 Å². The zero-order valence-corrected chi connectivity index (χ0v) is 12.3. The summed E-state index contributed by atoms with van der Waals surface area (Å²) in [6, 6.07) is 0. The fourth-order valence-corrected chi connectivity index (χ4v) is 1.81. The summed E-state index contributed by atoms with van der Waals surface area (Å²) in [4.78, 5) is 16.2. The van der Waals surface area contributed by atoms with E-state index in [9.17, 15) is 4.79 Å². The van der Waals surface area contributed by atoms with Gasteiger partial charge >= 0.3 is 0 Å². The first-order valence-electron chi connectivity index (χ1n) is 6.28. The van der Waals surface area contributed by atoms with E-state index in [1.807, 2.05) is 27.7 Å². The highest BCUT2D eigenvalue weighted by atomic mass is 35.5. The number of hydrogen-bond acceptors (Lipinski definition) is 3. The largest absolute Gasteiger partial charge is 0.365 e. The topological polar surface area (TPSA) is 46.9 Å². The molecule has 18 heavy (non-hydrogen) atoms. The molecule has 4 nitrogen and oxygen atoms in total. The first-order valence-corrected chi connectivity index (χ1v) is 6.72. The van der Waals surface area contributed by atoms with Gasteiger partial charge in [-0.05, 0) is 40.5 Å². The summed E-state index contributed by atoms with van der Waals surface area (Å²) in [5.41, 5.74) is -0.315. The predicted molar refractivity (Wildman–Crippen MR) is 76.5 cm³/mol. The summed E-state index contributed by atoms with van der Waals surface area (Å²) >= 11 is 5.87. The zero-order valence-electron chi connectivity index (χ0n) is 11.5. The van der Waals surface area contributed by atoms with E-state index in [1.54, 1.807) is 17.0 Å². The highest BCUT2D eigenvalue weighted by Crippen LogP contribution is 2.11. The molecule has 0 aliphatic heterocycles. The third-order valence-corrected chi connectivity index (χ3v) is 2.85. The molecule has 0 bridgehead atoms. The fourth-order valence-electron chi connectivity index (χ4n) is 1.65. The van der Waals surface area contributed by atoms with E-state index in [0.717, 1.165) is 12.8 Å². The number of hydrogen-bond donors (Lipinski definition) is 1. The Morgan fingerprint density at radius 1 is 1.50 bits per heavy atom. The number of nitrogens with one attached hydrogen (secondary N) is 1. The minimum Gasteiger partial charge on any atom is -0.365 e. The minimum absolute atomic E-state index is 0.0797. The zero-order chi connectivity index (χ0) is 13.8. The molecule has 1 unspecified atom stereocenters. The van der Waals surface area contributed by atoms with Gasteiger partial charge in [0.25, 0.3) is 5.56 Å². The number of aromatic nitrogens is 2. The molecule has 1 aromatic heterocycles. The van der Waals surface area contributed by atoms with Crippen molar-refractivity contribution in [2.24, 2.45) is 0 Å². The van der Waals surface area contributed by atoms with Gasteiger partial charge in [-0.2, -0.15) is 0 Å². The van der Waals surface area contributed by atoms with Gasteiger partial charge < -0.3 is 9.88 Å². The van der Waals surface area contributed by atoms with E-state index in [4.69, 9.17) is 11.6 Å². The fraction of sp³-hybridized carbons (Fsp3) is 0.692. The Labute approximate surface area is 113 Å². The van der Waals surface area contributed by atoms with Crippen molar-refractivity contribution in [2.75, 3.05) is 11.9 Å². The lowest BCUT2D eigenvalue weighted by molar-refractivity contribution is 0.383. The molecule has 0 fully saturated rings. The second-order valence-corrected chi connectivity index (χ2v) is 6.22. The van der Waals surface area contributed by atoms with Gasteiger partial charge in [-0.3, -0.25) is 4.79 Å². The smallest absolute Gasteiger partial charge is 0.293 e. The average Bonchev–Trinajstić information content (AvgIpc) is 2.24. The first-order chi connectivity index (χ1) is 8.32. The van der Waals surface area contributed by atoms with Crippen LogP contribution in [0.2, 0.25) is 0 Å². The molecule has 0 aromatic carbocycles. The molecule has 1 atom stereocenters. The second-order valence-electron chi connectivity index (χ2n) is 5.47. The van der Waals surface area contributed by atoms with Gasteiger partial charge in [0.2, 0.25) is 0 Å². The molecule has 0 aliphatic rings. The van der Waals surface area contributed by atoms with E-state index < -0.39 is 0 Å². The first kappa shape index (κ1) is 15.0. The Hall–Kier alpha value is -1.03. The molecule has 102 valence electrons. The monoisotopic (exact) mass is 271 g/mol. The van der Waals surface area contributed by atoms with E-state index in [-0.39, 0.29) is 16.5 Å². The van der Waals surface area contributed by atoms with Crippen molar-refractivity contribution in [1.82, 2.24) is 9.55 Å². The predicted octanol–water partition coefficient (Wildman–Crippen LogP) is 2.82. The highest BCUT2D eigenvalue weighted by molar-refractivity contribution is 6.20. The average molecular weight is 272 g/mol. The molecule has 1 rings (SSSR count). The van der Waals surface area contributed by atoms with E-state index in [0.29, 0.717) is 12.4 Å². The summed E-state index contributed by atoms with van der Waals surface area (Å²) < 4.78 is 1.69. The molecule has 1 N–H and O–H groups in total. The Bertz CT molecular complexity index is 435. The maximum Gasteiger partial charge on any atom is 0.293 e. The van der Waals surface area contributed by atoms with Gasteiger partial charge in [-0.1, -0.05) is 0 Å².